The summed E-state index contributed by atoms with van der Waals surface area (Å²) in [6.07, 6.45) is 1.48. The van der Waals surface area contributed by atoms with Crippen molar-refractivity contribution in [3.8, 4) is 0 Å². The maximum atomic E-state index is 11.5. The van der Waals surface area contributed by atoms with Crippen molar-refractivity contribution in [1.29, 1.82) is 0 Å². The van der Waals surface area contributed by atoms with Crippen LogP contribution in [0.25, 0.3) is 0 Å². The Bertz CT molecular complexity index is 581. The zero-order valence-corrected chi connectivity index (χ0v) is 11.3. The first kappa shape index (κ1) is 14.0. The Morgan fingerprint density at radius 3 is 2.85 bits per heavy atom. The normalized spacial score (nSPS) is 10.2. The van der Waals surface area contributed by atoms with Crippen LogP contribution in [0, 0.1) is 0 Å². The largest absolute Gasteiger partial charge is 0.480 e. The number of nitrogens with zero attached hydrogens (tertiary/aromatic N) is 3. The molecule has 0 bridgehead atoms. The highest BCUT2D eigenvalue weighted by atomic mass is 32.1. The summed E-state index contributed by atoms with van der Waals surface area (Å²) in [5.74, 6) is -0.997. The third-order valence-electron chi connectivity index (χ3n) is 2.32. The Hall–Kier alpha value is -2.42. The van der Waals surface area contributed by atoms with Crippen molar-refractivity contribution in [2.24, 2.45) is 0 Å². The van der Waals surface area contributed by atoms with Gasteiger partial charge in [-0.15, -0.1) is 16.4 Å². The molecule has 0 radical (unpaired) electrons. The molecule has 3 N–H and O–H groups in total. The summed E-state index contributed by atoms with van der Waals surface area (Å²) in [5, 5.41) is 23.2. The summed E-state index contributed by atoms with van der Waals surface area (Å²) in [6, 6.07) is 3.54. The number of amides is 2. The van der Waals surface area contributed by atoms with E-state index in [1.807, 2.05) is 17.5 Å². The number of aromatic nitrogens is 3. The Morgan fingerprint density at radius 1 is 1.35 bits per heavy atom. The monoisotopic (exact) mass is 295 g/mol. The zero-order chi connectivity index (χ0) is 14.4. The quantitative estimate of drug-likeness (QED) is 0.715. The van der Waals surface area contributed by atoms with E-state index >= 15 is 0 Å². The average Bonchev–Trinajstić information content (AvgIpc) is 3.04. The number of carbonyl (C=O) groups excluding carboxylic acids is 1. The summed E-state index contributed by atoms with van der Waals surface area (Å²) in [4.78, 5) is 23.1. The van der Waals surface area contributed by atoms with Gasteiger partial charge in [-0.25, -0.2) is 9.48 Å². The van der Waals surface area contributed by atoms with Crippen LogP contribution >= 0.6 is 11.3 Å². The molecule has 2 amide bonds. The number of nitrogens with one attached hydrogen (secondary N) is 2. The van der Waals surface area contributed by atoms with Crippen LogP contribution in [0.15, 0.2) is 23.7 Å². The van der Waals surface area contributed by atoms with E-state index in [4.69, 9.17) is 5.11 Å². The zero-order valence-electron chi connectivity index (χ0n) is 10.4. The highest BCUT2D eigenvalue weighted by Gasteiger charge is 2.06. The van der Waals surface area contributed by atoms with Gasteiger partial charge in [-0.05, 0) is 11.4 Å². The van der Waals surface area contributed by atoms with Crippen LogP contribution in [-0.2, 0) is 24.4 Å². The van der Waals surface area contributed by atoms with E-state index in [1.165, 1.54) is 10.9 Å². The molecule has 0 saturated heterocycles. The van der Waals surface area contributed by atoms with E-state index in [1.54, 1.807) is 11.3 Å². The molecule has 2 rings (SSSR count). The number of urea groups is 1. The first-order valence-electron chi connectivity index (χ1n) is 5.78. The van der Waals surface area contributed by atoms with Crippen LogP contribution in [0.4, 0.5) is 4.79 Å². The first-order valence-corrected chi connectivity index (χ1v) is 6.66. The highest BCUT2D eigenvalue weighted by Crippen LogP contribution is 2.07. The predicted molar refractivity (Wildman–Crippen MR) is 71.1 cm³/mol. The molecule has 2 heterocycles. The van der Waals surface area contributed by atoms with Gasteiger partial charge in [-0.3, -0.25) is 4.79 Å². The number of carboxylic acids is 1. The maximum Gasteiger partial charge on any atom is 0.325 e. The number of hydrogen-bond donors (Lipinski definition) is 3. The standard InChI is InChI=1S/C11H13N5O3S/c17-10(18)7-16-6-8(14-15-16)4-12-11(19)13-5-9-2-1-3-20-9/h1-3,6H,4-5,7H2,(H,17,18)(H2,12,13,19). The van der Waals surface area contributed by atoms with E-state index in [0.717, 1.165) is 4.88 Å². The number of carboxylic acid groups (broad SMARTS) is 1. The molecular weight excluding hydrogens is 282 g/mol. The average molecular weight is 295 g/mol. The van der Waals surface area contributed by atoms with E-state index in [9.17, 15) is 9.59 Å². The van der Waals surface area contributed by atoms with Gasteiger partial charge in [0.2, 0.25) is 0 Å². The lowest BCUT2D eigenvalue weighted by atomic mass is 10.4. The Kier molecular flexibility index (Phi) is 4.66. The van der Waals surface area contributed by atoms with Gasteiger partial charge in [-0.2, -0.15) is 0 Å². The summed E-state index contributed by atoms with van der Waals surface area (Å²) in [6.45, 7) is 0.405. The number of carbonyl (C=O) groups is 2. The number of hydrogen-bond acceptors (Lipinski definition) is 5. The Morgan fingerprint density at radius 2 is 2.15 bits per heavy atom. The van der Waals surface area contributed by atoms with Crippen LogP contribution in [0.1, 0.15) is 10.6 Å². The Labute approximate surface area is 118 Å². The molecule has 106 valence electrons. The lowest BCUT2D eigenvalue weighted by Gasteiger charge is -2.04. The van der Waals surface area contributed by atoms with Crippen LogP contribution in [0.5, 0.6) is 0 Å². The second-order valence-electron chi connectivity index (χ2n) is 3.92. The molecule has 0 fully saturated rings. The molecule has 0 aromatic carbocycles. The number of rotatable bonds is 6. The molecule has 2 aromatic heterocycles. The molecule has 2 aromatic rings. The van der Waals surface area contributed by atoms with Gasteiger partial charge in [0.15, 0.2) is 0 Å². The summed E-state index contributed by atoms with van der Waals surface area (Å²) in [5.41, 5.74) is 0.498. The fourth-order valence-electron chi connectivity index (χ4n) is 1.45. The lowest BCUT2D eigenvalue weighted by molar-refractivity contribution is -0.137. The molecule has 0 atom stereocenters. The highest BCUT2D eigenvalue weighted by molar-refractivity contribution is 7.09. The van der Waals surface area contributed by atoms with Crippen LogP contribution < -0.4 is 10.6 Å². The smallest absolute Gasteiger partial charge is 0.325 e. The molecule has 0 spiro atoms. The van der Waals surface area contributed by atoms with Crippen molar-refractivity contribution in [3.63, 3.8) is 0 Å². The van der Waals surface area contributed by atoms with E-state index in [-0.39, 0.29) is 19.1 Å². The minimum atomic E-state index is -0.997. The molecule has 0 unspecified atom stereocenters. The van der Waals surface area contributed by atoms with E-state index in [0.29, 0.717) is 12.2 Å². The summed E-state index contributed by atoms with van der Waals surface area (Å²) < 4.78 is 1.20. The first-order chi connectivity index (χ1) is 9.63. The number of aliphatic carboxylic acids is 1. The van der Waals surface area contributed by atoms with Crippen molar-refractivity contribution in [1.82, 2.24) is 25.6 Å². The fourth-order valence-corrected chi connectivity index (χ4v) is 2.09. The van der Waals surface area contributed by atoms with Gasteiger partial charge < -0.3 is 15.7 Å². The molecule has 0 aliphatic rings. The van der Waals surface area contributed by atoms with E-state index < -0.39 is 5.97 Å². The molecule has 8 nitrogen and oxygen atoms in total. The molecule has 20 heavy (non-hydrogen) atoms. The van der Waals surface area contributed by atoms with Crippen molar-refractivity contribution < 1.29 is 14.7 Å². The van der Waals surface area contributed by atoms with Crippen molar-refractivity contribution >= 4 is 23.3 Å². The predicted octanol–water partition coefficient (Wildman–Crippen LogP) is 0.424. The molecular formula is C11H13N5O3S. The van der Waals surface area contributed by atoms with Gasteiger partial charge in [0.05, 0.1) is 19.3 Å². The molecule has 9 heteroatoms. The van der Waals surface area contributed by atoms with Crippen LogP contribution in [0.2, 0.25) is 0 Å². The fraction of sp³-hybridized carbons (Fsp3) is 0.273. The minimum absolute atomic E-state index is 0.190. The Balaban J connectivity index is 1.72. The SMILES string of the molecule is O=C(O)Cn1cc(CNC(=O)NCc2cccs2)nn1. The van der Waals surface area contributed by atoms with Gasteiger partial charge in [0.1, 0.15) is 12.2 Å². The molecule has 0 aliphatic carbocycles. The topological polar surface area (TPSA) is 109 Å². The van der Waals surface area contributed by atoms with Crippen molar-refractivity contribution in [3.05, 3.63) is 34.3 Å². The lowest BCUT2D eigenvalue weighted by Crippen LogP contribution is -2.34. The van der Waals surface area contributed by atoms with Gasteiger partial charge in [0.25, 0.3) is 0 Å². The maximum absolute atomic E-state index is 11.5. The number of thiophene rings is 1. The van der Waals surface area contributed by atoms with Gasteiger partial charge in [0, 0.05) is 4.88 Å². The van der Waals surface area contributed by atoms with Crippen LogP contribution in [0.3, 0.4) is 0 Å². The van der Waals surface area contributed by atoms with Gasteiger partial charge in [-0.1, -0.05) is 11.3 Å². The second-order valence-corrected chi connectivity index (χ2v) is 4.95. The van der Waals surface area contributed by atoms with E-state index in [2.05, 4.69) is 20.9 Å². The van der Waals surface area contributed by atoms with Gasteiger partial charge >= 0.3 is 12.0 Å². The third-order valence-corrected chi connectivity index (χ3v) is 3.19. The summed E-state index contributed by atoms with van der Waals surface area (Å²) in [7, 11) is 0. The molecule has 0 aliphatic heterocycles. The van der Waals surface area contributed by atoms with Crippen molar-refractivity contribution in [2.75, 3.05) is 0 Å². The minimum Gasteiger partial charge on any atom is -0.480 e. The summed E-state index contributed by atoms with van der Waals surface area (Å²) >= 11 is 1.56. The van der Waals surface area contributed by atoms with Crippen molar-refractivity contribution in [2.45, 2.75) is 19.6 Å². The molecule has 0 saturated carbocycles. The second kappa shape index (κ2) is 6.66. The van der Waals surface area contributed by atoms with Crippen LogP contribution in [-0.4, -0.2) is 32.1 Å². The third kappa shape index (κ3) is 4.35.